The van der Waals surface area contributed by atoms with Gasteiger partial charge < -0.3 is 10.6 Å². The van der Waals surface area contributed by atoms with Crippen LogP contribution in [0, 0.1) is 0 Å². The highest BCUT2D eigenvalue weighted by Gasteiger charge is 2.26. The molecule has 1 fully saturated rings. The van der Waals surface area contributed by atoms with Crippen LogP contribution in [0.1, 0.15) is 51.3 Å². The van der Waals surface area contributed by atoms with E-state index in [1.807, 2.05) is 0 Å². The van der Waals surface area contributed by atoms with Gasteiger partial charge in [-0.25, -0.2) is 4.98 Å². The predicted octanol–water partition coefficient (Wildman–Crippen LogP) is 2.37. The van der Waals surface area contributed by atoms with Gasteiger partial charge in [0, 0.05) is 30.0 Å². The van der Waals surface area contributed by atoms with Crippen LogP contribution in [0.5, 0.6) is 0 Å². The number of nitrogens with zero attached hydrogens (tertiary/aromatic N) is 3. The van der Waals surface area contributed by atoms with E-state index in [1.54, 1.807) is 11.5 Å². The van der Waals surface area contributed by atoms with Crippen LogP contribution in [-0.4, -0.2) is 28.5 Å². The summed E-state index contributed by atoms with van der Waals surface area (Å²) in [7, 11) is 0. The van der Waals surface area contributed by atoms with Crippen molar-refractivity contribution in [2.45, 2.75) is 51.5 Å². The summed E-state index contributed by atoms with van der Waals surface area (Å²) in [6.07, 6.45) is 4.84. The van der Waals surface area contributed by atoms with Crippen molar-refractivity contribution in [3.63, 3.8) is 0 Å². The van der Waals surface area contributed by atoms with E-state index >= 15 is 0 Å². The van der Waals surface area contributed by atoms with Crippen molar-refractivity contribution in [1.82, 2.24) is 9.36 Å². The molecule has 0 spiro atoms. The lowest BCUT2D eigenvalue weighted by Crippen LogP contribution is -2.29. The fraction of sp³-hybridized carbons (Fsp3) is 0.833. The lowest BCUT2D eigenvalue weighted by atomic mass is 10.1. The fourth-order valence-corrected chi connectivity index (χ4v) is 3.23. The van der Waals surface area contributed by atoms with Crippen LogP contribution in [0.25, 0.3) is 0 Å². The Hall–Kier alpha value is -0.680. The van der Waals surface area contributed by atoms with Crippen molar-refractivity contribution in [3.05, 3.63) is 5.82 Å². The number of aromatic nitrogens is 2. The van der Waals surface area contributed by atoms with Crippen molar-refractivity contribution in [2.24, 2.45) is 5.73 Å². The molecule has 0 aromatic carbocycles. The minimum atomic E-state index is 0.421. The maximum Gasteiger partial charge on any atom is 0.205 e. The Balaban J connectivity index is 2.03. The van der Waals surface area contributed by atoms with Crippen molar-refractivity contribution >= 4 is 16.7 Å². The standard InChI is InChI=1S/C12H22N4S/c1-9(2)11-14-12(17-15-11)16-8-4-6-10(16)5-3-7-13/h9-10H,3-8,13H2,1-2H3. The normalized spacial score (nSPS) is 20.5. The SMILES string of the molecule is CC(C)c1nsc(N2CCCC2CCCN)n1. The van der Waals surface area contributed by atoms with Gasteiger partial charge in [-0.1, -0.05) is 13.8 Å². The molecule has 4 nitrogen and oxygen atoms in total. The molecule has 96 valence electrons. The molecule has 0 aliphatic carbocycles. The van der Waals surface area contributed by atoms with Crippen molar-refractivity contribution < 1.29 is 0 Å². The minimum absolute atomic E-state index is 0.421. The first kappa shape index (κ1) is 12.8. The molecule has 1 aliphatic heterocycles. The van der Waals surface area contributed by atoms with Crippen LogP contribution in [0.3, 0.4) is 0 Å². The van der Waals surface area contributed by atoms with E-state index in [-0.39, 0.29) is 0 Å². The van der Waals surface area contributed by atoms with Crippen LogP contribution >= 0.6 is 11.5 Å². The van der Waals surface area contributed by atoms with Gasteiger partial charge in [0.05, 0.1) is 0 Å². The number of anilines is 1. The average molecular weight is 254 g/mol. The molecule has 1 unspecified atom stereocenters. The zero-order valence-electron chi connectivity index (χ0n) is 10.7. The molecule has 2 N–H and O–H groups in total. The van der Waals surface area contributed by atoms with Gasteiger partial charge in [-0.2, -0.15) is 4.37 Å². The summed E-state index contributed by atoms with van der Waals surface area (Å²) in [6, 6.07) is 0.631. The summed E-state index contributed by atoms with van der Waals surface area (Å²) >= 11 is 1.55. The van der Waals surface area contributed by atoms with Gasteiger partial charge >= 0.3 is 0 Å². The Morgan fingerprint density at radius 1 is 1.53 bits per heavy atom. The van der Waals surface area contributed by atoms with E-state index < -0.39 is 0 Å². The molecule has 0 bridgehead atoms. The summed E-state index contributed by atoms with van der Waals surface area (Å²) in [5.74, 6) is 1.40. The van der Waals surface area contributed by atoms with Crippen LogP contribution in [0.15, 0.2) is 0 Å². The monoisotopic (exact) mass is 254 g/mol. The molecule has 1 saturated heterocycles. The molecule has 5 heteroatoms. The van der Waals surface area contributed by atoms with E-state index in [9.17, 15) is 0 Å². The van der Waals surface area contributed by atoms with Gasteiger partial charge in [0.1, 0.15) is 5.82 Å². The largest absolute Gasteiger partial charge is 0.344 e. The van der Waals surface area contributed by atoms with Gasteiger partial charge in [0.15, 0.2) is 0 Å². The number of hydrogen-bond acceptors (Lipinski definition) is 5. The van der Waals surface area contributed by atoms with Crippen LogP contribution in [-0.2, 0) is 0 Å². The van der Waals surface area contributed by atoms with Gasteiger partial charge in [-0.3, -0.25) is 0 Å². The van der Waals surface area contributed by atoms with Crippen molar-refractivity contribution in [1.29, 1.82) is 0 Å². The van der Waals surface area contributed by atoms with Gasteiger partial charge in [0.25, 0.3) is 0 Å². The second-order valence-corrected chi connectivity index (χ2v) is 5.74. The summed E-state index contributed by atoms with van der Waals surface area (Å²) < 4.78 is 4.44. The summed E-state index contributed by atoms with van der Waals surface area (Å²) in [5, 5.41) is 1.10. The lowest BCUT2D eigenvalue weighted by Gasteiger charge is -2.23. The van der Waals surface area contributed by atoms with E-state index in [1.165, 1.54) is 19.3 Å². The molecule has 0 saturated carbocycles. The average Bonchev–Trinajstić information content (AvgIpc) is 2.94. The molecule has 1 atom stereocenters. The second-order valence-electron chi connectivity index (χ2n) is 5.01. The van der Waals surface area contributed by atoms with Crippen LogP contribution < -0.4 is 10.6 Å². The number of nitrogens with two attached hydrogens (primary N) is 1. The molecule has 2 rings (SSSR count). The molecule has 1 aliphatic rings. The molecule has 1 aromatic rings. The van der Waals surface area contributed by atoms with Crippen molar-refractivity contribution in [3.8, 4) is 0 Å². The van der Waals surface area contributed by atoms with Gasteiger partial charge in [-0.15, -0.1) is 0 Å². The van der Waals surface area contributed by atoms with E-state index in [0.29, 0.717) is 12.0 Å². The Morgan fingerprint density at radius 3 is 3.00 bits per heavy atom. The Morgan fingerprint density at radius 2 is 2.35 bits per heavy atom. The lowest BCUT2D eigenvalue weighted by molar-refractivity contribution is 0.584. The topological polar surface area (TPSA) is 55.0 Å². The molecular formula is C12H22N4S. The molecule has 0 radical (unpaired) electrons. The highest BCUT2D eigenvalue weighted by molar-refractivity contribution is 7.09. The third-order valence-corrected chi connectivity index (χ3v) is 4.08. The minimum Gasteiger partial charge on any atom is -0.344 e. The van der Waals surface area contributed by atoms with E-state index in [0.717, 1.165) is 30.5 Å². The third-order valence-electron chi connectivity index (χ3n) is 3.31. The Labute approximate surface area is 107 Å². The quantitative estimate of drug-likeness (QED) is 0.876. The molecular weight excluding hydrogens is 232 g/mol. The summed E-state index contributed by atoms with van der Waals surface area (Å²) in [6.45, 7) is 6.20. The van der Waals surface area contributed by atoms with E-state index in [4.69, 9.17) is 5.73 Å². The molecule has 1 aromatic heterocycles. The highest BCUT2D eigenvalue weighted by atomic mass is 32.1. The van der Waals surface area contributed by atoms with Gasteiger partial charge in [-0.05, 0) is 32.2 Å². The zero-order valence-corrected chi connectivity index (χ0v) is 11.5. The summed E-state index contributed by atoms with van der Waals surface area (Å²) in [5.41, 5.74) is 5.59. The maximum atomic E-state index is 5.59. The Bertz CT molecular complexity index is 350. The molecule has 0 amide bonds. The van der Waals surface area contributed by atoms with Gasteiger partial charge in [0.2, 0.25) is 5.13 Å². The zero-order chi connectivity index (χ0) is 12.3. The van der Waals surface area contributed by atoms with Crippen LogP contribution in [0.4, 0.5) is 5.13 Å². The molecule has 2 heterocycles. The first-order valence-corrected chi connectivity index (χ1v) is 7.30. The fourth-order valence-electron chi connectivity index (χ4n) is 2.32. The Kier molecular flexibility index (Phi) is 4.34. The molecule has 17 heavy (non-hydrogen) atoms. The number of rotatable bonds is 5. The first-order chi connectivity index (χ1) is 8.22. The third kappa shape index (κ3) is 2.96. The van der Waals surface area contributed by atoms with Crippen molar-refractivity contribution in [2.75, 3.05) is 18.0 Å². The smallest absolute Gasteiger partial charge is 0.205 e. The predicted molar refractivity (Wildman–Crippen MR) is 72.7 cm³/mol. The van der Waals surface area contributed by atoms with E-state index in [2.05, 4.69) is 28.1 Å². The number of hydrogen-bond donors (Lipinski definition) is 1. The van der Waals surface area contributed by atoms with Crippen LogP contribution in [0.2, 0.25) is 0 Å². The first-order valence-electron chi connectivity index (χ1n) is 6.52. The highest BCUT2D eigenvalue weighted by Crippen LogP contribution is 2.30. The summed E-state index contributed by atoms with van der Waals surface area (Å²) in [4.78, 5) is 7.08. The second kappa shape index (κ2) is 5.78. The maximum absolute atomic E-state index is 5.59.